The summed E-state index contributed by atoms with van der Waals surface area (Å²) in [6.07, 6.45) is 3.05. The number of hydrogen-bond acceptors (Lipinski definition) is 3. The van der Waals surface area contributed by atoms with Crippen molar-refractivity contribution in [2.75, 3.05) is 0 Å². The summed E-state index contributed by atoms with van der Waals surface area (Å²) >= 11 is 5.75. The van der Waals surface area contributed by atoms with Crippen LogP contribution in [0.25, 0.3) is 6.08 Å². The highest BCUT2D eigenvalue weighted by molar-refractivity contribution is 6.30. The van der Waals surface area contributed by atoms with Crippen molar-refractivity contribution in [3.63, 3.8) is 0 Å². The monoisotopic (exact) mass is 285 g/mol. The summed E-state index contributed by atoms with van der Waals surface area (Å²) in [4.78, 5) is 22.5. The second kappa shape index (κ2) is 6.17. The van der Waals surface area contributed by atoms with Crippen LogP contribution in [0.5, 0.6) is 0 Å². The van der Waals surface area contributed by atoms with Gasteiger partial charge in [-0.05, 0) is 41.5 Å². The van der Waals surface area contributed by atoms with E-state index in [9.17, 15) is 14.7 Å². The van der Waals surface area contributed by atoms with Crippen LogP contribution in [0.15, 0.2) is 54.6 Å². The summed E-state index contributed by atoms with van der Waals surface area (Å²) in [6.45, 7) is 0. The van der Waals surface area contributed by atoms with Gasteiger partial charge in [0.15, 0.2) is 5.78 Å². The third kappa shape index (κ3) is 3.56. The van der Waals surface area contributed by atoms with Crippen molar-refractivity contribution in [1.29, 1.82) is 0 Å². The van der Waals surface area contributed by atoms with Gasteiger partial charge in [-0.2, -0.15) is 0 Å². The Labute approximate surface area is 121 Å². The quantitative estimate of drug-likeness (QED) is 0.641. The highest BCUT2D eigenvalue weighted by Gasteiger charge is 2.01. The fraction of sp³-hybridized carbons (Fsp3) is 0. The zero-order valence-electron chi connectivity index (χ0n) is 10.4. The summed E-state index contributed by atoms with van der Waals surface area (Å²) in [5.74, 6) is -1.37. The van der Waals surface area contributed by atoms with E-state index >= 15 is 0 Å². The summed E-state index contributed by atoms with van der Waals surface area (Å²) in [6, 6.07) is 12.7. The maximum absolute atomic E-state index is 11.9. The minimum Gasteiger partial charge on any atom is -0.545 e. The third-order valence-corrected chi connectivity index (χ3v) is 2.95. The zero-order valence-corrected chi connectivity index (χ0v) is 11.1. The molecule has 100 valence electrons. The fourth-order valence-corrected chi connectivity index (χ4v) is 1.74. The van der Waals surface area contributed by atoms with E-state index in [1.807, 2.05) is 0 Å². The Morgan fingerprint density at radius 3 is 2.00 bits per heavy atom. The Kier molecular flexibility index (Phi) is 4.33. The van der Waals surface area contributed by atoms with Crippen LogP contribution in [-0.4, -0.2) is 11.8 Å². The predicted molar refractivity (Wildman–Crippen MR) is 75.6 cm³/mol. The third-order valence-electron chi connectivity index (χ3n) is 2.70. The lowest BCUT2D eigenvalue weighted by Gasteiger charge is -2.01. The van der Waals surface area contributed by atoms with Gasteiger partial charge in [0.05, 0.1) is 5.97 Å². The van der Waals surface area contributed by atoms with Gasteiger partial charge < -0.3 is 9.90 Å². The highest BCUT2D eigenvalue weighted by Crippen LogP contribution is 2.11. The first-order valence-electron chi connectivity index (χ1n) is 5.85. The Hall–Kier alpha value is -2.39. The molecular weight excluding hydrogens is 276 g/mol. The minimum absolute atomic E-state index is 0.103. The van der Waals surface area contributed by atoms with Crippen LogP contribution in [0.4, 0.5) is 0 Å². The molecule has 0 spiro atoms. The molecule has 0 saturated heterocycles. The van der Waals surface area contributed by atoms with Crippen molar-refractivity contribution in [2.24, 2.45) is 0 Å². The van der Waals surface area contributed by atoms with Crippen LogP contribution in [0.3, 0.4) is 0 Å². The molecule has 0 aromatic heterocycles. The average molecular weight is 286 g/mol. The van der Waals surface area contributed by atoms with Crippen LogP contribution in [-0.2, 0) is 0 Å². The van der Waals surface area contributed by atoms with E-state index in [1.54, 1.807) is 42.5 Å². The topological polar surface area (TPSA) is 57.2 Å². The first kappa shape index (κ1) is 14.0. The number of benzene rings is 2. The van der Waals surface area contributed by atoms with Gasteiger partial charge >= 0.3 is 0 Å². The smallest absolute Gasteiger partial charge is 0.185 e. The van der Waals surface area contributed by atoms with E-state index in [0.29, 0.717) is 10.6 Å². The van der Waals surface area contributed by atoms with Crippen molar-refractivity contribution in [2.45, 2.75) is 0 Å². The maximum atomic E-state index is 11.9. The molecule has 0 unspecified atom stereocenters. The molecule has 0 bridgehead atoms. The molecule has 4 heteroatoms. The van der Waals surface area contributed by atoms with Crippen molar-refractivity contribution in [3.05, 3.63) is 76.3 Å². The lowest BCUT2D eigenvalue weighted by Crippen LogP contribution is -2.21. The van der Waals surface area contributed by atoms with Gasteiger partial charge in [-0.15, -0.1) is 0 Å². The first-order valence-corrected chi connectivity index (χ1v) is 6.23. The molecule has 0 fully saturated rings. The summed E-state index contributed by atoms with van der Waals surface area (Å²) in [7, 11) is 0. The normalized spacial score (nSPS) is 10.7. The molecule has 20 heavy (non-hydrogen) atoms. The molecule has 0 radical (unpaired) electrons. The van der Waals surface area contributed by atoms with Gasteiger partial charge in [-0.25, -0.2) is 0 Å². The molecule has 2 aromatic carbocycles. The number of carboxylic acids is 1. The predicted octanol–water partition coefficient (Wildman–Crippen LogP) is 2.60. The van der Waals surface area contributed by atoms with Gasteiger partial charge in [-0.1, -0.05) is 41.9 Å². The summed E-state index contributed by atoms with van der Waals surface area (Å²) < 4.78 is 0. The summed E-state index contributed by atoms with van der Waals surface area (Å²) in [5, 5.41) is 11.2. The van der Waals surface area contributed by atoms with E-state index in [2.05, 4.69) is 0 Å². The van der Waals surface area contributed by atoms with Crippen molar-refractivity contribution < 1.29 is 14.7 Å². The molecule has 0 aliphatic heterocycles. The molecule has 0 atom stereocenters. The minimum atomic E-state index is -1.22. The molecule has 0 amide bonds. The lowest BCUT2D eigenvalue weighted by atomic mass is 10.1. The van der Waals surface area contributed by atoms with Crippen molar-refractivity contribution >= 4 is 29.4 Å². The molecule has 0 heterocycles. The molecular formula is C16H10ClO3-. The number of halogens is 1. The second-order valence-corrected chi connectivity index (χ2v) is 4.55. The molecule has 2 aromatic rings. The van der Waals surface area contributed by atoms with Crippen LogP contribution in [0.1, 0.15) is 26.3 Å². The number of ketones is 1. The van der Waals surface area contributed by atoms with Crippen LogP contribution in [0.2, 0.25) is 5.02 Å². The van der Waals surface area contributed by atoms with Gasteiger partial charge in [-0.3, -0.25) is 4.79 Å². The van der Waals surface area contributed by atoms with E-state index < -0.39 is 5.97 Å². The Balaban J connectivity index is 2.10. The number of rotatable bonds is 4. The van der Waals surface area contributed by atoms with E-state index in [-0.39, 0.29) is 11.3 Å². The van der Waals surface area contributed by atoms with Gasteiger partial charge in [0.1, 0.15) is 0 Å². The van der Waals surface area contributed by atoms with E-state index in [0.717, 1.165) is 5.56 Å². The highest BCUT2D eigenvalue weighted by atomic mass is 35.5. The number of aromatic carboxylic acids is 1. The number of carbonyl (C=O) groups excluding carboxylic acids is 2. The molecule has 0 N–H and O–H groups in total. The van der Waals surface area contributed by atoms with Gasteiger partial charge in [0.25, 0.3) is 0 Å². The number of allylic oxidation sites excluding steroid dienone is 1. The second-order valence-electron chi connectivity index (χ2n) is 4.11. The van der Waals surface area contributed by atoms with Crippen LogP contribution < -0.4 is 5.11 Å². The number of carbonyl (C=O) groups is 2. The molecule has 0 aliphatic rings. The summed E-state index contributed by atoms with van der Waals surface area (Å²) in [5.41, 5.74) is 1.38. The molecule has 0 aliphatic carbocycles. The SMILES string of the molecule is O=C([O-])c1ccc(/C=C/C(=O)c2ccc(Cl)cc2)cc1. The fourth-order valence-electron chi connectivity index (χ4n) is 1.61. The lowest BCUT2D eigenvalue weighted by molar-refractivity contribution is -0.255. The Bertz CT molecular complexity index is 655. The van der Waals surface area contributed by atoms with Crippen molar-refractivity contribution in [3.8, 4) is 0 Å². The zero-order chi connectivity index (χ0) is 14.5. The van der Waals surface area contributed by atoms with Gasteiger partial charge in [0.2, 0.25) is 0 Å². The molecule has 2 rings (SSSR count). The van der Waals surface area contributed by atoms with Crippen LogP contribution in [0, 0.1) is 0 Å². The first-order chi connectivity index (χ1) is 9.56. The van der Waals surface area contributed by atoms with Crippen molar-refractivity contribution in [1.82, 2.24) is 0 Å². The van der Waals surface area contributed by atoms with E-state index in [1.165, 1.54) is 18.2 Å². The standard InChI is InChI=1S/C16H11ClO3/c17-14-8-6-12(7-9-14)15(18)10-3-11-1-4-13(5-2-11)16(19)20/h1-10H,(H,19,20)/p-1/b10-3+. The Morgan fingerprint density at radius 2 is 1.45 bits per heavy atom. The average Bonchev–Trinajstić information content (AvgIpc) is 2.46. The largest absolute Gasteiger partial charge is 0.545 e. The van der Waals surface area contributed by atoms with E-state index in [4.69, 9.17) is 11.6 Å². The maximum Gasteiger partial charge on any atom is 0.185 e. The molecule has 0 saturated carbocycles. The number of hydrogen-bond donors (Lipinski definition) is 0. The van der Waals surface area contributed by atoms with Gasteiger partial charge in [0, 0.05) is 10.6 Å². The Morgan fingerprint density at radius 1 is 0.900 bits per heavy atom. The number of carboxylic acid groups (broad SMARTS) is 1. The van der Waals surface area contributed by atoms with Crippen LogP contribution >= 0.6 is 11.6 Å². The molecule has 3 nitrogen and oxygen atoms in total.